The minimum atomic E-state index is -0.0989. The molecule has 1 fully saturated rings. The summed E-state index contributed by atoms with van der Waals surface area (Å²) in [5, 5.41) is 8.29. The normalized spacial score (nSPS) is 19.1. The van der Waals surface area contributed by atoms with Crippen LogP contribution in [0.5, 0.6) is 0 Å². The third kappa shape index (κ3) is 3.28. The van der Waals surface area contributed by atoms with Gasteiger partial charge in [0.05, 0.1) is 18.5 Å². The molecule has 3 aliphatic rings. The SMILES string of the molecule is Cc1nonc1CC(=O)N1CCc2c(sc3c2C(=O)N(C)CC(=O)N3CC2CC2)C1. The maximum Gasteiger partial charge on any atom is 0.257 e. The van der Waals surface area contributed by atoms with Gasteiger partial charge in [-0.1, -0.05) is 10.3 Å². The van der Waals surface area contributed by atoms with Gasteiger partial charge in [-0.15, -0.1) is 11.3 Å². The number of aryl methyl sites for hydroxylation is 1. The third-order valence-electron chi connectivity index (χ3n) is 6.07. The fourth-order valence-electron chi connectivity index (χ4n) is 4.09. The van der Waals surface area contributed by atoms with Gasteiger partial charge in [0.15, 0.2) is 0 Å². The maximum absolute atomic E-state index is 13.1. The highest BCUT2D eigenvalue weighted by Gasteiger charge is 2.39. The Morgan fingerprint density at radius 3 is 2.73 bits per heavy atom. The summed E-state index contributed by atoms with van der Waals surface area (Å²) in [4.78, 5) is 44.8. The first kappa shape index (κ1) is 19.2. The number of hydrogen-bond acceptors (Lipinski definition) is 7. The molecule has 0 saturated heterocycles. The zero-order valence-electron chi connectivity index (χ0n) is 17.0. The predicted octanol–water partition coefficient (Wildman–Crippen LogP) is 1.40. The lowest BCUT2D eigenvalue weighted by Crippen LogP contribution is -2.39. The number of hydrogen-bond donors (Lipinski definition) is 0. The topological polar surface area (TPSA) is 99.9 Å². The number of thiophene rings is 1. The summed E-state index contributed by atoms with van der Waals surface area (Å²) in [6, 6.07) is 0. The van der Waals surface area contributed by atoms with Crippen LogP contribution in [-0.2, 0) is 29.0 Å². The number of amides is 3. The Hall–Kier alpha value is -2.75. The van der Waals surface area contributed by atoms with Crippen LogP contribution in [0.1, 0.15) is 45.0 Å². The standard InChI is InChI=1S/C20H23N5O4S/c1-11-14(22-29-21-11)7-16(26)24-6-5-13-15(9-24)30-20-18(13)19(28)23(2)10-17(27)25(20)8-12-3-4-12/h12H,3-10H2,1-2H3. The Kier molecular flexibility index (Phi) is 4.61. The van der Waals surface area contributed by atoms with Crippen molar-refractivity contribution in [2.75, 3.05) is 31.6 Å². The number of carbonyl (C=O) groups excluding carboxylic acids is 3. The molecule has 0 unspecified atom stereocenters. The van der Waals surface area contributed by atoms with Crippen molar-refractivity contribution >= 4 is 34.1 Å². The Balaban J connectivity index is 1.44. The van der Waals surface area contributed by atoms with Crippen LogP contribution in [0.2, 0.25) is 0 Å². The molecular weight excluding hydrogens is 406 g/mol. The Morgan fingerprint density at radius 1 is 1.23 bits per heavy atom. The van der Waals surface area contributed by atoms with E-state index in [1.165, 1.54) is 16.2 Å². The van der Waals surface area contributed by atoms with E-state index in [-0.39, 0.29) is 30.7 Å². The fraction of sp³-hybridized carbons (Fsp3) is 0.550. The number of likely N-dealkylation sites (N-methyl/N-ethyl adjacent to an activating group) is 1. The zero-order valence-corrected chi connectivity index (χ0v) is 17.8. The van der Waals surface area contributed by atoms with E-state index < -0.39 is 0 Å². The number of fused-ring (bicyclic) bond motifs is 3. The monoisotopic (exact) mass is 429 g/mol. The molecule has 30 heavy (non-hydrogen) atoms. The number of carbonyl (C=O) groups is 3. The lowest BCUT2D eigenvalue weighted by molar-refractivity contribution is -0.131. The highest BCUT2D eigenvalue weighted by Crippen LogP contribution is 2.43. The van der Waals surface area contributed by atoms with E-state index in [0.29, 0.717) is 48.9 Å². The summed E-state index contributed by atoms with van der Waals surface area (Å²) in [5.74, 6) is 0.351. The van der Waals surface area contributed by atoms with Crippen LogP contribution in [0.15, 0.2) is 4.63 Å². The van der Waals surface area contributed by atoms with E-state index in [2.05, 4.69) is 14.9 Å². The first-order valence-corrected chi connectivity index (χ1v) is 11.0. The number of rotatable bonds is 4. The Bertz CT molecular complexity index is 1040. The molecule has 0 N–H and O–H groups in total. The first-order chi connectivity index (χ1) is 14.4. The summed E-state index contributed by atoms with van der Waals surface area (Å²) < 4.78 is 4.69. The highest BCUT2D eigenvalue weighted by molar-refractivity contribution is 7.17. The minimum absolute atomic E-state index is 0.0305. The van der Waals surface area contributed by atoms with Gasteiger partial charge in [-0.25, -0.2) is 4.63 Å². The molecule has 0 atom stereocenters. The highest BCUT2D eigenvalue weighted by atomic mass is 32.1. The Morgan fingerprint density at radius 2 is 2.03 bits per heavy atom. The molecule has 0 bridgehead atoms. The van der Waals surface area contributed by atoms with Crippen molar-refractivity contribution in [3.8, 4) is 0 Å². The average molecular weight is 430 g/mol. The molecule has 3 amide bonds. The average Bonchev–Trinajstić information content (AvgIpc) is 3.36. The molecule has 2 aliphatic heterocycles. The van der Waals surface area contributed by atoms with Gasteiger partial charge < -0.3 is 14.7 Å². The molecule has 4 heterocycles. The van der Waals surface area contributed by atoms with Gasteiger partial charge >= 0.3 is 0 Å². The molecule has 5 rings (SSSR count). The molecule has 0 spiro atoms. The lowest BCUT2D eigenvalue weighted by Gasteiger charge is -2.27. The van der Waals surface area contributed by atoms with Gasteiger partial charge in [0.1, 0.15) is 22.9 Å². The van der Waals surface area contributed by atoms with Crippen LogP contribution in [0.4, 0.5) is 5.00 Å². The molecule has 10 heteroatoms. The molecule has 9 nitrogen and oxygen atoms in total. The van der Waals surface area contributed by atoms with E-state index in [1.54, 1.807) is 18.9 Å². The number of nitrogens with zero attached hydrogens (tertiary/aromatic N) is 5. The molecule has 1 aliphatic carbocycles. The van der Waals surface area contributed by atoms with Gasteiger partial charge in [0, 0.05) is 25.0 Å². The van der Waals surface area contributed by atoms with Crippen molar-refractivity contribution in [1.82, 2.24) is 20.1 Å². The van der Waals surface area contributed by atoms with Crippen molar-refractivity contribution < 1.29 is 19.0 Å². The van der Waals surface area contributed by atoms with Gasteiger partial charge in [-0.2, -0.15) is 0 Å². The van der Waals surface area contributed by atoms with E-state index in [4.69, 9.17) is 0 Å². The van der Waals surface area contributed by atoms with Crippen LogP contribution >= 0.6 is 11.3 Å². The van der Waals surface area contributed by atoms with Crippen molar-refractivity contribution in [2.45, 2.75) is 39.2 Å². The number of anilines is 1. The Labute approximate surface area is 177 Å². The van der Waals surface area contributed by atoms with Crippen LogP contribution < -0.4 is 4.90 Å². The second-order valence-electron chi connectivity index (χ2n) is 8.33. The van der Waals surface area contributed by atoms with Crippen LogP contribution in [-0.4, -0.2) is 64.5 Å². The zero-order chi connectivity index (χ0) is 21.0. The molecule has 0 radical (unpaired) electrons. The second-order valence-corrected chi connectivity index (χ2v) is 9.41. The van der Waals surface area contributed by atoms with Crippen LogP contribution in [0, 0.1) is 12.8 Å². The summed E-state index contributed by atoms with van der Waals surface area (Å²) in [6.07, 6.45) is 3.01. The van der Waals surface area contributed by atoms with Crippen LogP contribution in [0.25, 0.3) is 0 Å². The summed E-state index contributed by atoms with van der Waals surface area (Å²) in [6.45, 7) is 3.52. The summed E-state index contributed by atoms with van der Waals surface area (Å²) in [5.41, 5.74) is 2.82. The molecular formula is C20H23N5O4S. The third-order valence-corrected chi connectivity index (χ3v) is 7.31. The van der Waals surface area contributed by atoms with Gasteiger partial charge in [0.2, 0.25) is 11.8 Å². The van der Waals surface area contributed by atoms with Gasteiger partial charge in [-0.3, -0.25) is 14.4 Å². The fourth-order valence-corrected chi connectivity index (χ4v) is 5.47. The molecule has 2 aromatic rings. The molecule has 1 saturated carbocycles. The largest absolute Gasteiger partial charge is 0.337 e. The second kappa shape index (κ2) is 7.19. The van der Waals surface area contributed by atoms with E-state index in [0.717, 1.165) is 28.3 Å². The van der Waals surface area contributed by atoms with Crippen molar-refractivity contribution in [3.63, 3.8) is 0 Å². The van der Waals surface area contributed by atoms with Gasteiger partial charge in [0.25, 0.3) is 5.91 Å². The molecule has 2 aromatic heterocycles. The smallest absolute Gasteiger partial charge is 0.257 e. The molecule has 0 aromatic carbocycles. The number of aromatic nitrogens is 2. The maximum atomic E-state index is 13.1. The molecule has 158 valence electrons. The van der Waals surface area contributed by atoms with Crippen molar-refractivity contribution in [2.24, 2.45) is 5.92 Å². The first-order valence-electron chi connectivity index (χ1n) is 10.2. The van der Waals surface area contributed by atoms with E-state index in [9.17, 15) is 14.4 Å². The quantitative estimate of drug-likeness (QED) is 0.728. The predicted molar refractivity (Wildman–Crippen MR) is 108 cm³/mol. The lowest BCUT2D eigenvalue weighted by atomic mass is 10.0. The van der Waals surface area contributed by atoms with E-state index >= 15 is 0 Å². The van der Waals surface area contributed by atoms with E-state index in [1.807, 2.05) is 4.90 Å². The van der Waals surface area contributed by atoms with Crippen molar-refractivity contribution in [1.29, 1.82) is 0 Å². The summed E-state index contributed by atoms with van der Waals surface area (Å²) >= 11 is 1.49. The van der Waals surface area contributed by atoms with Gasteiger partial charge in [-0.05, 0) is 37.7 Å². The van der Waals surface area contributed by atoms with Crippen molar-refractivity contribution in [3.05, 3.63) is 27.4 Å². The van der Waals surface area contributed by atoms with Crippen LogP contribution in [0.3, 0.4) is 0 Å². The summed E-state index contributed by atoms with van der Waals surface area (Å²) in [7, 11) is 1.68. The minimum Gasteiger partial charge on any atom is -0.337 e.